The van der Waals surface area contributed by atoms with Crippen LogP contribution in [-0.2, 0) is 11.3 Å². The first-order valence-corrected chi connectivity index (χ1v) is 9.49. The first-order valence-electron chi connectivity index (χ1n) is 8.73. The van der Waals surface area contributed by atoms with Crippen molar-refractivity contribution < 1.29 is 14.5 Å². The fourth-order valence-electron chi connectivity index (χ4n) is 2.99. The number of amides is 1. The van der Waals surface area contributed by atoms with Crippen LogP contribution in [0.4, 0.5) is 5.69 Å². The summed E-state index contributed by atoms with van der Waals surface area (Å²) in [5, 5.41) is 12.0. The molecule has 2 aromatic rings. The highest BCUT2D eigenvalue weighted by Gasteiger charge is 2.23. The van der Waals surface area contributed by atoms with Gasteiger partial charge >= 0.3 is 5.69 Å². The van der Waals surface area contributed by atoms with Crippen LogP contribution in [0.25, 0.3) is 0 Å². The maximum atomic E-state index is 12.4. The summed E-state index contributed by atoms with van der Waals surface area (Å²) >= 11 is 11.7. The van der Waals surface area contributed by atoms with Crippen molar-refractivity contribution in [1.82, 2.24) is 9.80 Å². The van der Waals surface area contributed by atoms with Crippen molar-refractivity contribution in [2.24, 2.45) is 0 Å². The molecule has 0 aliphatic carbocycles. The Morgan fingerprint density at radius 2 is 1.68 bits per heavy atom. The van der Waals surface area contributed by atoms with Gasteiger partial charge in [-0.05, 0) is 29.8 Å². The van der Waals surface area contributed by atoms with E-state index in [0.717, 1.165) is 19.6 Å². The summed E-state index contributed by atoms with van der Waals surface area (Å²) in [5.41, 5.74) is 0.913. The van der Waals surface area contributed by atoms with Gasteiger partial charge in [-0.3, -0.25) is 19.8 Å². The maximum Gasteiger partial charge on any atom is 0.312 e. The maximum absolute atomic E-state index is 12.4. The molecular formula is C19H19Cl2N3O4. The molecule has 1 aliphatic rings. The van der Waals surface area contributed by atoms with Crippen LogP contribution in [-0.4, -0.2) is 53.4 Å². The summed E-state index contributed by atoms with van der Waals surface area (Å²) in [6.07, 6.45) is 0. The van der Waals surface area contributed by atoms with Crippen LogP contribution in [0.15, 0.2) is 42.5 Å². The van der Waals surface area contributed by atoms with Gasteiger partial charge in [0.25, 0.3) is 5.91 Å². The Hall–Kier alpha value is -2.35. The van der Waals surface area contributed by atoms with Crippen molar-refractivity contribution in [3.63, 3.8) is 0 Å². The van der Waals surface area contributed by atoms with Crippen LogP contribution >= 0.6 is 23.2 Å². The minimum absolute atomic E-state index is 0.0316. The highest BCUT2D eigenvalue weighted by Crippen LogP contribution is 2.29. The van der Waals surface area contributed by atoms with Crippen LogP contribution in [0, 0.1) is 10.1 Å². The molecule has 1 aliphatic heterocycles. The number of nitro groups is 1. The standard InChI is InChI=1S/C19H19Cl2N3O4/c20-15-3-1-14(2-4-15)12-22-7-9-23(10-8-22)19(25)13-28-18-6-5-16(21)11-17(18)24(26)27/h1-6,11H,7-10,12-13H2. The van der Waals surface area contributed by atoms with Gasteiger partial charge in [0.2, 0.25) is 0 Å². The lowest BCUT2D eigenvalue weighted by Crippen LogP contribution is -2.49. The smallest absolute Gasteiger partial charge is 0.312 e. The number of nitrogens with zero attached hydrogens (tertiary/aromatic N) is 3. The zero-order chi connectivity index (χ0) is 20.1. The van der Waals surface area contributed by atoms with Crippen LogP contribution in [0.2, 0.25) is 10.0 Å². The molecule has 0 unspecified atom stereocenters. The van der Waals surface area contributed by atoms with Crippen LogP contribution in [0.3, 0.4) is 0 Å². The Kier molecular flexibility index (Phi) is 6.72. The van der Waals surface area contributed by atoms with E-state index < -0.39 is 4.92 Å². The first kappa shape index (κ1) is 20.4. The molecule has 0 radical (unpaired) electrons. The quantitative estimate of drug-likeness (QED) is 0.523. The predicted octanol–water partition coefficient (Wildman–Crippen LogP) is 3.62. The van der Waals surface area contributed by atoms with E-state index in [1.807, 2.05) is 24.3 Å². The van der Waals surface area contributed by atoms with Gasteiger partial charge in [-0.2, -0.15) is 0 Å². The molecule has 28 heavy (non-hydrogen) atoms. The van der Waals surface area contributed by atoms with Gasteiger partial charge < -0.3 is 9.64 Å². The zero-order valence-electron chi connectivity index (χ0n) is 15.0. The summed E-state index contributed by atoms with van der Waals surface area (Å²) < 4.78 is 5.38. The van der Waals surface area contributed by atoms with Gasteiger partial charge in [-0.25, -0.2) is 0 Å². The van der Waals surface area contributed by atoms with Gasteiger partial charge in [0.05, 0.1) is 4.92 Å². The number of rotatable bonds is 6. The average molecular weight is 424 g/mol. The van der Waals surface area contributed by atoms with Crippen molar-refractivity contribution in [3.05, 3.63) is 68.2 Å². The second-order valence-corrected chi connectivity index (χ2v) is 7.31. The Morgan fingerprint density at radius 1 is 1.04 bits per heavy atom. The number of carbonyl (C=O) groups excluding carboxylic acids is 1. The molecule has 2 aromatic carbocycles. The molecule has 1 amide bonds. The van der Waals surface area contributed by atoms with E-state index >= 15 is 0 Å². The summed E-state index contributed by atoms with van der Waals surface area (Å²) in [7, 11) is 0. The number of benzene rings is 2. The minimum Gasteiger partial charge on any atom is -0.477 e. The minimum atomic E-state index is -0.582. The van der Waals surface area contributed by atoms with E-state index in [9.17, 15) is 14.9 Å². The highest BCUT2D eigenvalue weighted by atomic mass is 35.5. The molecule has 9 heteroatoms. The number of hydrogen-bond donors (Lipinski definition) is 0. The molecule has 1 fully saturated rings. The van der Waals surface area contributed by atoms with E-state index in [-0.39, 0.29) is 29.0 Å². The monoisotopic (exact) mass is 423 g/mol. The van der Waals surface area contributed by atoms with Gasteiger partial charge in [0.1, 0.15) is 0 Å². The Bertz CT molecular complexity index is 853. The topological polar surface area (TPSA) is 75.9 Å². The molecule has 0 atom stereocenters. The normalized spacial score (nSPS) is 14.7. The fourth-order valence-corrected chi connectivity index (χ4v) is 3.28. The summed E-state index contributed by atoms with van der Waals surface area (Å²) in [5.74, 6) is -0.167. The van der Waals surface area contributed by atoms with Crippen molar-refractivity contribution in [1.29, 1.82) is 0 Å². The Labute approximate surface area is 172 Å². The molecule has 0 aromatic heterocycles. The van der Waals surface area contributed by atoms with Crippen LogP contribution < -0.4 is 4.74 Å². The number of hydrogen-bond acceptors (Lipinski definition) is 5. The van der Waals surface area contributed by atoms with Gasteiger partial charge in [-0.15, -0.1) is 0 Å². The zero-order valence-corrected chi connectivity index (χ0v) is 16.5. The molecule has 1 saturated heterocycles. The third kappa shape index (κ3) is 5.34. The predicted molar refractivity (Wildman–Crippen MR) is 107 cm³/mol. The van der Waals surface area contributed by atoms with E-state index in [1.54, 1.807) is 4.90 Å². The number of ether oxygens (including phenoxy) is 1. The number of halogens is 2. The molecule has 0 bridgehead atoms. The van der Waals surface area contributed by atoms with E-state index in [2.05, 4.69) is 4.90 Å². The van der Waals surface area contributed by atoms with E-state index in [0.29, 0.717) is 18.1 Å². The fraction of sp³-hybridized carbons (Fsp3) is 0.316. The first-order chi connectivity index (χ1) is 13.4. The second-order valence-electron chi connectivity index (χ2n) is 6.44. The molecule has 3 rings (SSSR count). The molecule has 7 nitrogen and oxygen atoms in total. The molecule has 0 N–H and O–H groups in total. The van der Waals surface area contributed by atoms with Crippen molar-refractivity contribution in [3.8, 4) is 5.75 Å². The summed E-state index contributed by atoms with van der Waals surface area (Å²) in [6.45, 7) is 3.20. The number of piperazine rings is 1. The Balaban J connectivity index is 1.49. The molecule has 1 heterocycles. The lowest BCUT2D eigenvalue weighted by atomic mass is 10.2. The lowest BCUT2D eigenvalue weighted by Gasteiger charge is -2.34. The van der Waals surface area contributed by atoms with E-state index in [4.69, 9.17) is 27.9 Å². The number of nitro benzene ring substituents is 1. The second kappa shape index (κ2) is 9.23. The third-order valence-corrected chi connectivity index (χ3v) is 5.00. The molecule has 0 spiro atoms. The molecule has 148 valence electrons. The number of carbonyl (C=O) groups is 1. The largest absolute Gasteiger partial charge is 0.477 e. The highest BCUT2D eigenvalue weighted by molar-refractivity contribution is 6.31. The third-order valence-electron chi connectivity index (χ3n) is 4.51. The van der Waals surface area contributed by atoms with Gasteiger partial charge in [0.15, 0.2) is 12.4 Å². The van der Waals surface area contributed by atoms with Crippen LogP contribution in [0.1, 0.15) is 5.56 Å². The van der Waals surface area contributed by atoms with Gasteiger partial charge in [0, 0.05) is 48.8 Å². The summed E-state index contributed by atoms with van der Waals surface area (Å²) in [6, 6.07) is 11.8. The summed E-state index contributed by atoms with van der Waals surface area (Å²) in [4.78, 5) is 26.9. The van der Waals surface area contributed by atoms with Crippen molar-refractivity contribution in [2.45, 2.75) is 6.54 Å². The van der Waals surface area contributed by atoms with Gasteiger partial charge in [-0.1, -0.05) is 35.3 Å². The molecule has 0 saturated carbocycles. The van der Waals surface area contributed by atoms with E-state index in [1.165, 1.54) is 23.8 Å². The lowest BCUT2D eigenvalue weighted by molar-refractivity contribution is -0.385. The van der Waals surface area contributed by atoms with Crippen LogP contribution in [0.5, 0.6) is 5.75 Å². The Morgan fingerprint density at radius 3 is 2.32 bits per heavy atom. The van der Waals surface area contributed by atoms with Crippen molar-refractivity contribution >= 4 is 34.8 Å². The SMILES string of the molecule is O=C(COc1ccc(Cl)cc1[N+](=O)[O-])N1CCN(Cc2ccc(Cl)cc2)CC1. The van der Waals surface area contributed by atoms with Crippen molar-refractivity contribution in [2.75, 3.05) is 32.8 Å². The molecular weight excluding hydrogens is 405 g/mol. The average Bonchev–Trinajstić information content (AvgIpc) is 2.69.